The molecule has 1 rings (SSSR count). The third-order valence-corrected chi connectivity index (χ3v) is 4.93. The van der Waals surface area contributed by atoms with Crippen LogP contribution in [0.25, 0.3) is 0 Å². The third-order valence-electron chi connectivity index (χ3n) is 2.51. The van der Waals surface area contributed by atoms with Crippen molar-refractivity contribution >= 4 is 25.8 Å². The van der Waals surface area contributed by atoms with Gasteiger partial charge in [0.05, 0.1) is 5.75 Å². The minimum absolute atomic E-state index is 0.0244. The summed E-state index contributed by atoms with van der Waals surface area (Å²) >= 11 is 3.37. The van der Waals surface area contributed by atoms with Crippen LogP contribution in [0, 0.1) is 0 Å². The van der Waals surface area contributed by atoms with Crippen LogP contribution in [-0.4, -0.2) is 26.0 Å². The van der Waals surface area contributed by atoms with Gasteiger partial charge < -0.3 is 5.32 Å². The van der Waals surface area contributed by atoms with Crippen LogP contribution >= 0.6 is 15.9 Å². The summed E-state index contributed by atoms with van der Waals surface area (Å²) in [4.78, 5) is 0. The van der Waals surface area contributed by atoms with Crippen molar-refractivity contribution < 1.29 is 8.42 Å². The van der Waals surface area contributed by atoms with Gasteiger partial charge in [0.2, 0.25) is 0 Å². The van der Waals surface area contributed by atoms with Crippen LogP contribution in [0.5, 0.6) is 0 Å². The molecule has 0 aliphatic heterocycles. The van der Waals surface area contributed by atoms with Crippen molar-refractivity contribution in [1.29, 1.82) is 0 Å². The van der Waals surface area contributed by atoms with Crippen LogP contribution in [0.15, 0.2) is 28.7 Å². The second-order valence-corrected chi connectivity index (χ2v) is 7.42. The van der Waals surface area contributed by atoms with Gasteiger partial charge in [-0.3, -0.25) is 0 Å². The van der Waals surface area contributed by atoms with Crippen molar-refractivity contribution in [3.63, 3.8) is 0 Å². The van der Waals surface area contributed by atoms with E-state index >= 15 is 0 Å². The molecule has 1 unspecified atom stereocenters. The van der Waals surface area contributed by atoms with Crippen molar-refractivity contribution in [2.75, 3.05) is 11.5 Å². The van der Waals surface area contributed by atoms with E-state index in [2.05, 4.69) is 21.2 Å². The van der Waals surface area contributed by atoms with Crippen LogP contribution in [-0.2, 0) is 16.4 Å². The summed E-state index contributed by atoms with van der Waals surface area (Å²) in [7, 11) is -2.90. The first kappa shape index (κ1) is 14.7. The second kappa shape index (κ2) is 6.52. The molecule has 5 heteroatoms. The zero-order valence-corrected chi connectivity index (χ0v) is 12.5. The van der Waals surface area contributed by atoms with Gasteiger partial charge in [-0.1, -0.05) is 35.0 Å². The Kier molecular flexibility index (Phi) is 5.62. The average molecular weight is 320 g/mol. The van der Waals surface area contributed by atoms with Crippen LogP contribution in [0.4, 0.5) is 0 Å². The van der Waals surface area contributed by atoms with E-state index in [0.29, 0.717) is 6.54 Å². The molecule has 96 valence electrons. The SMILES string of the molecule is CCS(=O)(=O)CC(C)NCc1ccc(Br)cc1. The summed E-state index contributed by atoms with van der Waals surface area (Å²) in [6, 6.07) is 7.95. The summed E-state index contributed by atoms with van der Waals surface area (Å²) in [6.45, 7) is 4.26. The lowest BCUT2D eigenvalue weighted by Gasteiger charge is -2.13. The Morgan fingerprint density at radius 2 is 1.88 bits per heavy atom. The van der Waals surface area contributed by atoms with E-state index in [1.807, 2.05) is 31.2 Å². The number of halogens is 1. The maximum Gasteiger partial charge on any atom is 0.151 e. The highest BCUT2D eigenvalue weighted by molar-refractivity contribution is 9.10. The van der Waals surface area contributed by atoms with Crippen LogP contribution in [0.2, 0.25) is 0 Å². The standard InChI is InChI=1S/C12H18BrNO2S/c1-3-17(15,16)9-10(2)14-8-11-4-6-12(13)7-5-11/h4-7,10,14H,3,8-9H2,1-2H3. The van der Waals surface area contributed by atoms with Gasteiger partial charge in [0.1, 0.15) is 0 Å². The van der Waals surface area contributed by atoms with Crippen molar-refractivity contribution in [1.82, 2.24) is 5.32 Å². The van der Waals surface area contributed by atoms with Crippen LogP contribution < -0.4 is 5.32 Å². The van der Waals surface area contributed by atoms with Gasteiger partial charge >= 0.3 is 0 Å². The van der Waals surface area contributed by atoms with Crippen molar-refractivity contribution in [3.05, 3.63) is 34.3 Å². The van der Waals surface area contributed by atoms with Gasteiger partial charge in [-0.15, -0.1) is 0 Å². The molecular weight excluding hydrogens is 302 g/mol. The predicted octanol–water partition coefficient (Wildman–Crippen LogP) is 2.36. The highest BCUT2D eigenvalue weighted by atomic mass is 79.9. The Morgan fingerprint density at radius 3 is 2.41 bits per heavy atom. The first-order chi connectivity index (χ1) is 7.93. The fraction of sp³-hybridized carbons (Fsp3) is 0.500. The minimum Gasteiger partial charge on any atom is -0.309 e. The lowest BCUT2D eigenvalue weighted by atomic mass is 10.2. The molecule has 0 aromatic heterocycles. The third kappa shape index (κ3) is 5.66. The van der Waals surface area contributed by atoms with E-state index in [9.17, 15) is 8.42 Å². The number of sulfone groups is 1. The average Bonchev–Trinajstić information content (AvgIpc) is 2.28. The summed E-state index contributed by atoms with van der Waals surface area (Å²) < 4.78 is 23.9. The smallest absolute Gasteiger partial charge is 0.151 e. The van der Waals surface area contributed by atoms with Crippen molar-refractivity contribution in [2.45, 2.75) is 26.4 Å². The molecule has 0 fully saturated rings. The van der Waals surface area contributed by atoms with E-state index in [0.717, 1.165) is 10.0 Å². The summed E-state index contributed by atoms with van der Waals surface area (Å²) in [5.41, 5.74) is 1.15. The van der Waals surface area contributed by atoms with Gasteiger partial charge in [0.15, 0.2) is 9.84 Å². The van der Waals surface area contributed by atoms with Crippen molar-refractivity contribution in [3.8, 4) is 0 Å². The molecule has 1 aromatic carbocycles. The maximum atomic E-state index is 11.4. The summed E-state index contributed by atoms with van der Waals surface area (Å²) in [5.74, 6) is 0.400. The van der Waals surface area contributed by atoms with Crippen LogP contribution in [0.3, 0.4) is 0 Å². The molecule has 0 saturated carbocycles. The Balaban J connectivity index is 2.43. The fourth-order valence-corrected chi connectivity index (χ4v) is 2.83. The van der Waals surface area contributed by atoms with Gasteiger partial charge in [-0.25, -0.2) is 8.42 Å². The molecule has 0 aliphatic rings. The topological polar surface area (TPSA) is 46.2 Å². The second-order valence-electron chi connectivity index (χ2n) is 4.11. The Bertz CT molecular complexity index is 442. The normalized spacial score (nSPS) is 13.6. The number of rotatable bonds is 6. The van der Waals surface area contributed by atoms with E-state index in [-0.39, 0.29) is 17.5 Å². The molecule has 1 aromatic rings. The molecule has 1 N–H and O–H groups in total. The quantitative estimate of drug-likeness (QED) is 0.875. The molecule has 0 aliphatic carbocycles. The molecule has 3 nitrogen and oxygen atoms in total. The first-order valence-corrected chi connectivity index (χ1v) is 8.22. The minimum atomic E-state index is -2.90. The van der Waals surface area contributed by atoms with Gasteiger partial charge in [-0.05, 0) is 24.6 Å². The largest absolute Gasteiger partial charge is 0.309 e. The fourth-order valence-electron chi connectivity index (χ4n) is 1.45. The van der Waals surface area contributed by atoms with Crippen molar-refractivity contribution in [2.24, 2.45) is 0 Å². The molecule has 0 heterocycles. The molecule has 17 heavy (non-hydrogen) atoms. The van der Waals surface area contributed by atoms with Gasteiger partial charge in [0, 0.05) is 22.8 Å². The maximum absolute atomic E-state index is 11.4. The number of nitrogens with one attached hydrogen (secondary N) is 1. The molecule has 0 spiro atoms. The van der Waals surface area contributed by atoms with E-state index in [1.54, 1.807) is 6.92 Å². The van der Waals surface area contributed by atoms with Crippen LogP contribution in [0.1, 0.15) is 19.4 Å². The number of benzene rings is 1. The van der Waals surface area contributed by atoms with Gasteiger partial charge in [0.25, 0.3) is 0 Å². The van der Waals surface area contributed by atoms with Gasteiger partial charge in [-0.2, -0.15) is 0 Å². The summed E-state index contributed by atoms with van der Waals surface area (Å²) in [6.07, 6.45) is 0. The summed E-state index contributed by atoms with van der Waals surface area (Å²) in [5, 5.41) is 3.21. The highest BCUT2D eigenvalue weighted by Crippen LogP contribution is 2.10. The zero-order chi connectivity index (χ0) is 12.9. The molecule has 0 saturated heterocycles. The lowest BCUT2D eigenvalue weighted by Crippen LogP contribution is -2.33. The number of hydrogen-bond acceptors (Lipinski definition) is 3. The Morgan fingerprint density at radius 1 is 1.29 bits per heavy atom. The Labute approximate surface area is 112 Å². The predicted molar refractivity (Wildman–Crippen MR) is 74.8 cm³/mol. The Hall–Kier alpha value is -0.390. The molecule has 0 amide bonds. The van der Waals surface area contributed by atoms with E-state index < -0.39 is 9.84 Å². The molecule has 0 bridgehead atoms. The zero-order valence-electron chi connectivity index (χ0n) is 10.1. The van der Waals surface area contributed by atoms with E-state index in [4.69, 9.17) is 0 Å². The molecule has 0 radical (unpaired) electrons. The first-order valence-electron chi connectivity index (χ1n) is 5.61. The molecule has 1 atom stereocenters. The number of hydrogen-bond donors (Lipinski definition) is 1. The lowest BCUT2D eigenvalue weighted by molar-refractivity contribution is 0.557. The highest BCUT2D eigenvalue weighted by Gasteiger charge is 2.12. The monoisotopic (exact) mass is 319 g/mol. The molecular formula is C12H18BrNO2S. The van der Waals surface area contributed by atoms with E-state index in [1.165, 1.54) is 0 Å².